The van der Waals surface area contributed by atoms with Gasteiger partial charge in [-0.05, 0) is 23.1 Å². The van der Waals surface area contributed by atoms with E-state index in [2.05, 4.69) is 51.2 Å². The van der Waals surface area contributed by atoms with Gasteiger partial charge in [0.25, 0.3) is 5.22 Å². The summed E-state index contributed by atoms with van der Waals surface area (Å²) in [6.45, 7) is 0. The van der Waals surface area contributed by atoms with E-state index in [1.54, 1.807) is 11.8 Å². The second-order valence-corrected chi connectivity index (χ2v) is 6.77. The van der Waals surface area contributed by atoms with Crippen molar-refractivity contribution in [3.8, 4) is 0 Å². The zero-order chi connectivity index (χ0) is 14.9. The maximum atomic E-state index is 5.87. The van der Waals surface area contributed by atoms with Crippen LogP contribution in [0.25, 0.3) is 21.9 Å². The highest BCUT2D eigenvalue weighted by atomic mass is 79.9. The molecular formula is C18H12BrNOS. The quantitative estimate of drug-likeness (QED) is 0.412. The van der Waals surface area contributed by atoms with E-state index >= 15 is 0 Å². The van der Waals surface area contributed by atoms with E-state index in [1.165, 1.54) is 10.9 Å². The van der Waals surface area contributed by atoms with Gasteiger partial charge in [0.1, 0.15) is 5.52 Å². The molecule has 22 heavy (non-hydrogen) atoms. The monoisotopic (exact) mass is 369 g/mol. The average molecular weight is 370 g/mol. The van der Waals surface area contributed by atoms with Gasteiger partial charge in [0.2, 0.25) is 0 Å². The third-order valence-electron chi connectivity index (χ3n) is 3.57. The molecule has 0 saturated heterocycles. The number of aromatic nitrogens is 1. The SMILES string of the molecule is Brc1ccccc1CSc1nc2c(ccc3ccccc32)o1. The molecule has 4 rings (SSSR count). The number of rotatable bonds is 3. The van der Waals surface area contributed by atoms with Crippen LogP contribution in [0.3, 0.4) is 0 Å². The third-order valence-corrected chi connectivity index (χ3v) is 5.22. The number of benzene rings is 3. The number of oxazole rings is 1. The van der Waals surface area contributed by atoms with Crippen LogP contribution in [0.15, 0.2) is 74.8 Å². The Bertz CT molecular complexity index is 964. The number of hydrogen-bond donors (Lipinski definition) is 0. The highest BCUT2D eigenvalue weighted by Crippen LogP contribution is 2.31. The molecule has 1 heterocycles. The number of nitrogens with zero attached hydrogens (tertiary/aromatic N) is 1. The molecular weight excluding hydrogens is 358 g/mol. The third kappa shape index (κ3) is 2.53. The van der Waals surface area contributed by atoms with Crippen molar-refractivity contribution >= 4 is 49.6 Å². The molecule has 0 aliphatic heterocycles. The highest BCUT2D eigenvalue weighted by Gasteiger charge is 2.10. The van der Waals surface area contributed by atoms with E-state index in [0.29, 0.717) is 5.22 Å². The summed E-state index contributed by atoms with van der Waals surface area (Å²) < 4.78 is 6.99. The first-order valence-electron chi connectivity index (χ1n) is 6.96. The number of fused-ring (bicyclic) bond motifs is 3. The predicted octanol–water partition coefficient (Wildman–Crippen LogP) is 6.04. The Morgan fingerprint density at radius 2 is 1.77 bits per heavy atom. The summed E-state index contributed by atoms with van der Waals surface area (Å²) >= 11 is 5.19. The molecule has 0 atom stereocenters. The van der Waals surface area contributed by atoms with Crippen LogP contribution in [-0.4, -0.2) is 4.98 Å². The summed E-state index contributed by atoms with van der Waals surface area (Å²) in [4.78, 5) is 4.67. The molecule has 0 fully saturated rings. The zero-order valence-corrected chi connectivity index (χ0v) is 14.0. The van der Waals surface area contributed by atoms with Gasteiger partial charge in [-0.1, -0.05) is 76.2 Å². The Labute approximate surface area is 140 Å². The van der Waals surface area contributed by atoms with Crippen molar-refractivity contribution in [2.45, 2.75) is 11.0 Å². The normalized spacial score (nSPS) is 11.3. The summed E-state index contributed by atoms with van der Waals surface area (Å²) in [7, 11) is 0. The summed E-state index contributed by atoms with van der Waals surface area (Å²) in [5.74, 6) is 0.826. The minimum absolute atomic E-state index is 0.710. The van der Waals surface area contributed by atoms with Crippen molar-refractivity contribution < 1.29 is 4.42 Å². The van der Waals surface area contributed by atoms with Gasteiger partial charge in [-0.25, -0.2) is 4.98 Å². The van der Waals surface area contributed by atoms with E-state index in [1.807, 2.05) is 30.3 Å². The van der Waals surface area contributed by atoms with Crippen molar-refractivity contribution in [1.82, 2.24) is 4.98 Å². The summed E-state index contributed by atoms with van der Waals surface area (Å²) in [6.07, 6.45) is 0. The highest BCUT2D eigenvalue weighted by molar-refractivity contribution is 9.10. The molecule has 0 N–H and O–H groups in total. The van der Waals surface area contributed by atoms with Crippen molar-refractivity contribution in [3.05, 3.63) is 70.7 Å². The Balaban J connectivity index is 1.68. The molecule has 2 nitrogen and oxygen atoms in total. The molecule has 0 amide bonds. The first-order chi connectivity index (χ1) is 10.8. The lowest BCUT2D eigenvalue weighted by Gasteiger charge is -2.00. The maximum Gasteiger partial charge on any atom is 0.257 e. The minimum atomic E-state index is 0.710. The van der Waals surface area contributed by atoms with Crippen molar-refractivity contribution in [1.29, 1.82) is 0 Å². The Morgan fingerprint density at radius 3 is 2.68 bits per heavy atom. The van der Waals surface area contributed by atoms with Gasteiger partial charge < -0.3 is 4.42 Å². The fraction of sp³-hybridized carbons (Fsp3) is 0.0556. The Hall–Kier alpha value is -1.78. The molecule has 0 bridgehead atoms. The molecule has 108 valence electrons. The zero-order valence-electron chi connectivity index (χ0n) is 11.6. The average Bonchev–Trinajstić information content (AvgIpc) is 2.98. The van der Waals surface area contributed by atoms with E-state index in [0.717, 1.165) is 26.7 Å². The molecule has 0 saturated carbocycles. The van der Waals surface area contributed by atoms with Gasteiger partial charge in [-0.2, -0.15) is 0 Å². The summed E-state index contributed by atoms with van der Waals surface area (Å²) in [5, 5.41) is 3.03. The Morgan fingerprint density at radius 1 is 0.955 bits per heavy atom. The molecule has 0 unspecified atom stereocenters. The first kappa shape index (κ1) is 13.9. The number of halogens is 1. The van der Waals surface area contributed by atoms with Crippen molar-refractivity contribution in [2.75, 3.05) is 0 Å². The first-order valence-corrected chi connectivity index (χ1v) is 8.73. The number of thioether (sulfide) groups is 1. The van der Waals surface area contributed by atoms with Crippen LogP contribution in [0.5, 0.6) is 0 Å². The van der Waals surface area contributed by atoms with Gasteiger partial charge in [-0.3, -0.25) is 0 Å². The standard InChI is InChI=1S/C18H12BrNOS/c19-15-8-4-2-6-13(15)11-22-18-20-17-14-7-3-1-5-12(14)9-10-16(17)21-18/h1-10H,11H2. The van der Waals surface area contributed by atoms with E-state index < -0.39 is 0 Å². The predicted molar refractivity (Wildman–Crippen MR) is 95.2 cm³/mol. The second-order valence-electron chi connectivity index (χ2n) is 4.99. The fourth-order valence-corrected chi connectivity index (χ4v) is 3.90. The van der Waals surface area contributed by atoms with Crippen LogP contribution in [0.2, 0.25) is 0 Å². The molecule has 0 aliphatic carbocycles. The fourth-order valence-electron chi connectivity index (χ4n) is 2.46. The van der Waals surface area contributed by atoms with Gasteiger partial charge in [-0.15, -0.1) is 0 Å². The summed E-state index contributed by atoms with van der Waals surface area (Å²) in [6, 6.07) is 20.5. The lowest BCUT2D eigenvalue weighted by molar-refractivity contribution is 0.489. The molecule has 1 aromatic heterocycles. The minimum Gasteiger partial charge on any atom is -0.431 e. The van der Waals surface area contributed by atoms with Crippen LogP contribution in [0.4, 0.5) is 0 Å². The summed E-state index contributed by atoms with van der Waals surface area (Å²) in [5.41, 5.74) is 3.01. The largest absolute Gasteiger partial charge is 0.431 e. The molecule has 0 spiro atoms. The maximum absolute atomic E-state index is 5.87. The molecule has 0 radical (unpaired) electrons. The second kappa shape index (κ2) is 5.78. The molecule has 3 aromatic carbocycles. The molecule has 4 heteroatoms. The molecule has 0 aliphatic rings. The van der Waals surface area contributed by atoms with Crippen LogP contribution < -0.4 is 0 Å². The van der Waals surface area contributed by atoms with Gasteiger partial charge >= 0.3 is 0 Å². The van der Waals surface area contributed by atoms with Crippen LogP contribution in [0.1, 0.15) is 5.56 Å². The lowest BCUT2D eigenvalue weighted by Crippen LogP contribution is -1.82. The molecule has 4 aromatic rings. The van der Waals surface area contributed by atoms with Crippen LogP contribution >= 0.6 is 27.7 Å². The van der Waals surface area contributed by atoms with Gasteiger partial charge in [0.15, 0.2) is 5.58 Å². The number of hydrogen-bond acceptors (Lipinski definition) is 3. The Kier molecular flexibility index (Phi) is 3.64. The van der Waals surface area contributed by atoms with Crippen LogP contribution in [-0.2, 0) is 5.75 Å². The smallest absolute Gasteiger partial charge is 0.257 e. The lowest BCUT2D eigenvalue weighted by atomic mass is 10.1. The van der Waals surface area contributed by atoms with E-state index in [9.17, 15) is 0 Å². The van der Waals surface area contributed by atoms with Crippen molar-refractivity contribution in [2.24, 2.45) is 0 Å². The van der Waals surface area contributed by atoms with Crippen LogP contribution in [0, 0.1) is 0 Å². The topological polar surface area (TPSA) is 26.0 Å². The van der Waals surface area contributed by atoms with E-state index in [-0.39, 0.29) is 0 Å². The van der Waals surface area contributed by atoms with Gasteiger partial charge in [0, 0.05) is 15.6 Å². The van der Waals surface area contributed by atoms with Crippen molar-refractivity contribution in [3.63, 3.8) is 0 Å². The van der Waals surface area contributed by atoms with E-state index in [4.69, 9.17) is 4.42 Å². The van der Waals surface area contributed by atoms with Gasteiger partial charge in [0.05, 0.1) is 0 Å².